The van der Waals surface area contributed by atoms with E-state index in [2.05, 4.69) is 28.2 Å². The van der Waals surface area contributed by atoms with Gasteiger partial charge in [0.1, 0.15) is 0 Å². The first-order valence-electron chi connectivity index (χ1n) is 9.23. The molecule has 2 aromatic rings. The summed E-state index contributed by atoms with van der Waals surface area (Å²) < 4.78 is 3.87. The van der Waals surface area contributed by atoms with E-state index in [1.807, 2.05) is 36.5 Å². The highest BCUT2D eigenvalue weighted by Crippen LogP contribution is 2.21. The number of hydrogen-bond donors (Lipinski definition) is 0. The van der Waals surface area contributed by atoms with Crippen molar-refractivity contribution in [3.05, 3.63) is 34.9 Å². The molecular weight excluding hydrogens is 314 g/mol. The van der Waals surface area contributed by atoms with E-state index < -0.39 is 0 Å². The molecule has 1 amide bonds. The van der Waals surface area contributed by atoms with Gasteiger partial charge in [0.2, 0.25) is 5.91 Å². The zero-order valence-corrected chi connectivity index (χ0v) is 15.8. The lowest BCUT2D eigenvalue weighted by Crippen LogP contribution is -2.46. The summed E-state index contributed by atoms with van der Waals surface area (Å²) in [7, 11) is 1.96. The number of likely N-dealkylation sites (tertiary alicyclic amines) is 1. The predicted octanol–water partition coefficient (Wildman–Crippen LogP) is 2.56. The number of rotatable bonds is 5. The Morgan fingerprint density at radius 1 is 1.28 bits per heavy atom. The highest BCUT2D eigenvalue weighted by atomic mass is 16.2. The molecule has 136 valence electrons. The summed E-state index contributed by atoms with van der Waals surface area (Å²) in [6.07, 6.45) is 8.62. The van der Waals surface area contributed by atoms with Crippen LogP contribution in [-0.4, -0.2) is 43.0 Å². The topological polar surface area (TPSA) is 56.0 Å². The molecule has 1 fully saturated rings. The van der Waals surface area contributed by atoms with Gasteiger partial charge in [0.25, 0.3) is 0 Å². The summed E-state index contributed by atoms with van der Waals surface area (Å²) in [6.45, 7) is 7.81. The lowest BCUT2D eigenvalue weighted by Gasteiger charge is -2.36. The molecule has 2 aromatic heterocycles. The Labute approximate surface area is 149 Å². The fraction of sp³-hybridized carbons (Fsp3) is 0.632. The van der Waals surface area contributed by atoms with E-state index >= 15 is 0 Å². The maximum absolute atomic E-state index is 12.9. The maximum atomic E-state index is 12.9. The molecule has 1 aliphatic rings. The van der Waals surface area contributed by atoms with Crippen LogP contribution in [0.25, 0.3) is 0 Å². The van der Waals surface area contributed by atoms with E-state index in [0.717, 1.165) is 49.3 Å². The Kier molecular flexibility index (Phi) is 5.25. The van der Waals surface area contributed by atoms with Crippen molar-refractivity contribution in [2.75, 3.05) is 6.54 Å². The number of piperidine rings is 1. The smallest absolute Gasteiger partial charge is 0.223 e. The zero-order valence-electron chi connectivity index (χ0n) is 15.8. The van der Waals surface area contributed by atoms with Crippen LogP contribution in [0.4, 0.5) is 0 Å². The summed E-state index contributed by atoms with van der Waals surface area (Å²) in [6, 6.07) is 0.261. The third-order valence-electron chi connectivity index (χ3n) is 5.36. The van der Waals surface area contributed by atoms with Crippen LogP contribution in [0.5, 0.6) is 0 Å². The van der Waals surface area contributed by atoms with Gasteiger partial charge in [0.15, 0.2) is 0 Å². The van der Waals surface area contributed by atoms with Crippen molar-refractivity contribution in [2.45, 2.75) is 65.5 Å². The van der Waals surface area contributed by atoms with Gasteiger partial charge in [-0.3, -0.25) is 14.2 Å². The van der Waals surface area contributed by atoms with Crippen LogP contribution >= 0.6 is 0 Å². The van der Waals surface area contributed by atoms with Gasteiger partial charge in [0.05, 0.1) is 24.5 Å². The van der Waals surface area contributed by atoms with Crippen molar-refractivity contribution in [3.63, 3.8) is 0 Å². The summed E-state index contributed by atoms with van der Waals surface area (Å²) in [4.78, 5) is 15.0. The van der Waals surface area contributed by atoms with E-state index in [9.17, 15) is 4.79 Å². The highest BCUT2D eigenvalue weighted by molar-refractivity contribution is 5.77. The van der Waals surface area contributed by atoms with Crippen LogP contribution in [0.15, 0.2) is 12.4 Å². The monoisotopic (exact) mass is 343 g/mol. The molecule has 3 heterocycles. The number of nitrogens with zero attached hydrogens (tertiary/aromatic N) is 5. The number of aryl methyl sites for hydroxylation is 3. The molecule has 0 radical (unpaired) electrons. The molecule has 0 unspecified atom stereocenters. The standard InChI is InChI=1S/C19H29N5O/c1-14-11-20-23(12-14)13-17-7-5-6-10-24(17)19(25)9-8-18-15(2)21-22(4)16(18)3/h11-12,17H,5-10,13H2,1-4H3/t17-/m1/s1. The Hall–Kier alpha value is -2.11. The van der Waals surface area contributed by atoms with Crippen LogP contribution < -0.4 is 0 Å². The van der Waals surface area contributed by atoms with Gasteiger partial charge in [-0.25, -0.2) is 0 Å². The quantitative estimate of drug-likeness (QED) is 0.838. The summed E-state index contributed by atoms with van der Waals surface area (Å²) in [5.74, 6) is 0.260. The molecular formula is C19H29N5O. The van der Waals surface area contributed by atoms with Crippen LogP contribution in [-0.2, 0) is 24.8 Å². The minimum absolute atomic E-state index is 0.260. The minimum atomic E-state index is 0.260. The van der Waals surface area contributed by atoms with E-state index in [-0.39, 0.29) is 11.9 Å². The SMILES string of the molecule is Cc1cnn(C[C@H]2CCCCN2C(=O)CCc2c(C)nn(C)c2C)c1. The Balaban J connectivity index is 1.64. The van der Waals surface area contributed by atoms with Gasteiger partial charge < -0.3 is 4.90 Å². The lowest BCUT2D eigenvalue weighted by molar-refractivity contribution is -0.135. The number of amides is 1. The fourth-order valence-electron chi connectivity index (χ4n) is 3.86. The number of carbonyl (C=O) groups excluding carboxylic acids is 1. The van der Waals surface area contributed by atoms with Gasteiger partial charge >= 0.3 is 0 Å². The first kappa shape index (κ1) is 17.7. The van der Waals surface area contributed by atoms with Crippen molar-refractivity contribution in [2.24, 2.45) is 7.05 Å². The molecule has 0 spiro atoms. The molecule has 1 atom stereocenters. The van der Waals surface area contributed by atoms with E-state index in [4.69, 9.17) is 0 Å². The second-order valence-corrected chi connectivity index (χ2v) is 7.25. The lowest BCUT2D eigenvalue weighted by atomic mass is 10.0. The summed E-state index contributed by atoms with van der Waals surface area (Å²) >= 11 is 0. The second kappa shape index (κ2) is 7.42. The molecule has 0 saturated carbocycles. The Bertz CT molecular complexity index is 745. The maximum Gasteiger partial charge on any atom is 0.223 e. The van der Waals surface area contributed by atoms with Crippen LogP contribution in [0.3, 0.4) is 0 Å². The van der Waals surface area contributed by atoms with Gasteiger partial charge in [0, 0.05) is 31.9 Å². The van der Waals surface area contributed by atoms with Crippen molar-refractivity contribution < 1.29 is 4.79 Å². The Morgan fingerprint density at radius 3 is 2.72 bits per heavy atom. The highest BCUT2D eigenvalue weighted by Gasteiger charge is 2.27. The third kappa shape index (κ3) is 3.94. The van der Waals surface area contributed by atoms with Gasteiger partial charge in [-0.1, -0.05) is 0 Å². The molecule has 1 aliphatic heterocycles. The van der Waals surface area contributed by atoms with Gasteiger partial charge in [-0.05, 0) is 57.6 Å². The van der Waals surface area contributed by atoms with E-state index in [1.54, 1.807) is 0 Å². The normalized spacial score (nSPS) is 17.9. The molecule has 0 aromatic carbocycles. The van der Waals surface area contributed by atoms with Crippen LogP contribution in [0.2, 0.25) is 0 Å². The molecule has 25 heavy (non-hydrogen) atoms. The fourth-order valence-corrected chi connectivity index (χ4v) is 3.86. The molecule has 6 nitrogen and oxygen atoms in total. The number of carbonyl (C=O) groups is 1. The van der Waals surface area contributed by atoms with Crippen molar-refractivity contribution in [3.8, 4) is 0 Å². The molecule has 3 rings (SSSR count). The van der Waals surface area contributed by atoms with Crippen molar-refractivity contribution in [1.29, 1.82) is 0 Å². The molecule has 6 heteroatoms. The van der Waals surface area contributed by atoms with Crippen LogP contribution in [0.1, 0.15) is 48.2 Å². The molecule has 0 N–H and O–H groups in total. The van der Waals surface area contributed by atoms with Gasteiger partial charge in [-0.15, -0.1) is 0 Å². The number of hydrogen-bond acceptors (Lipinski definition) is 3. The Morgan fingerprint density at radius 2 is 2.08 bits per heavy atom. The zero-order chi connectivity index (χ0) is 18.0. The van der Waals surface area contributed by atoms with Crippen LogP contribution in [0, 0.1) is 20.8 Å². The minimum Gasteiger partial charge on any atom is -0.338 e. The average Bonchev–Trinajstić information content (AvgIpc) is 3.09. The van der Waals surface area contributed by atoms with E-state index in [0.29, 0.717) is 6.42 Å². The number of aromatic nitrogens is 4. The van der Waals surface area contributed by atoms with E-state index in [1.165, 1.54) is 12.0 Å². The predicted molar refractivity (Wildman–Crippen MR) is 97.3 cm³/mol. The molecule has 0 aliphatic carbocycles. The van der Waals surface area contributed by atoms with Crippen molar-refractivity contribution >= 4 is 5.91 Å². The largest absolute Gasteiger partial charge is 0.338 e. The summed E-state index contributed by atoms with van der Waals surface area (Å²) in [5.41, 5.74) is 4.57. The molecule has 0 bridgehead atoms. The first-order valence-corrected chi connectivity index (χ1v) is 9.23. The summed E-state index contributed by atoms with van der Waals surface area (Å²) in [5, 5.41) is 8.85. The van der Waals surface area contributed by atoms with Gasteiger partial charge in [-0.2, -0.15) is 10.2 Å². The molecule has 1 saturated heterocycles. The van der Waals surface area contributed by atoms with Crippen molar-refractivity contribution in [1.82, 2.24) is 24.5 Å². The second-order valence-electron chi connectivity index (χ2n) is 7.25. The first-order chi connectivity index (χ1) is 12.0. The third-order valence-corrected chi connectivity index (χ3v) is 5.36. The average molecular weight is 343 g/mol.